The molecule has 1 aliphatic rings. The number of rotatable bonds is 7. The summed E-state index contributed by atoms with van der Waals surface area (Å²) in [6.45, 7) is 7.12. The Hall–Kier alpha value is -2.80. The van der Waals surface area contributed by atoms with Crippen LogP contribution in [0.1, 0.15) is 38.2 Å². The molecule has 2 heterocycles. The molecule has 1 N–H and O–H groups in total. The van der Waals surface area contributed by atoms with Crippen LogP contribution in [0.25, 0.3) is 11.4 Å². The Kier molecular flexibility index (Phi) is 7.47. The molecule has 1 amide bonds. The van der Waals surface area contributed by atoms with Crippen molar-refractivity contribution in [2.75, 3.05) is 29.1 Å². The van der Waals surface area contributed by atoms with E-state index in [2.05, 4.69) is 63.1 Å². The minimum absolute atomic E-state index is 0.0411. The third-order valence-electron chi connectivity index (χ3n) is 5.87. The maximum atomic E-state index is 12.5. The van der Waals surface area contributed by atoms with Gasteiger partial charge in [0.1, 0.15) is 0 Å². The number of carbonyl (C=O) groups excluding carboxylic acids is 1. The largest absolute Gasteiger partial charge is 0.372 e. The second-order valence-electron chi connectivity index (χ2n) is 8.15. The molecule has 0 radical (unpaired) electrons. The van der Waals surface area contributed by atoms with E-state index in [1.165, 1.54) is 43.1 Å². The number of hydrogen-bond donors (Lipinski definition) is 1. The molecule has 0 bridgehead atoms. The maximum Gasteiger partial charge on any atom is 0.234 e. The summed E-state index contributed by atoms with van der Waals surface area (Å²) < 4.78 is 2.07. The summed E-state index contributed by atoms with van der Waals surface area (Å²) in [5.74, 6) is 1.10. The topological polar surface area (TPSA) is 63.1 Å². The zero-order valence-corrected chi connectivity index (χ0v) is 19.7. The molecule has 0 aliphatic carbocycles. The van der Waals surface area contributed by atoms with E-state index in [1.54, 1.807) is 0 Å². The highest BCUT2D eigenvalue weighted by Crippen LogP contribution is 2.26. The van der Waals surface area contributed by atoms with Gasteiger partial charge in [-0.2, -0.15) is 0 Å². The second kappa shape index (κ2) is 10.7. The molecule has 0 saturated carbocycles. The summed E-state index contributed by atoms with van der Waals surface area (Å²) in [4.78, 5) is 15.0. The molecule has 0 unspecified atom stereocenters. The lowest BCUT2D eigenvalue weighted by Gasteiger charge is -2.22. The molecule has 1 aliphatic heterocycles. The van der Waals surface area contributed by atoms with Crippen molar-refractivity contribution >= 4 is 29.0 Å². The van der Waals surface area contributed by atoms with Crippen LogP contribution in [0.5, 0.6) is 0 Å². The minimum Gasteiger partial charge on any atom is -0.372 e. The minimum atomic E-state index is -0.0411. The number of aryl methyl sites for hydroxylation is 1. The Morgan fingerprint density at radius 2 is 1.72 bits per heavy atom. The first-order valence-corrected chi connectivity index (χ1v) is 12.4. The Morgan fingerprint density at radius 3 is 2.41 bits per heavy atom. The van der Waals surface area contributed by atoms with Crippen molar-refractivity contribution in [3.63, 3.8) is 0 Å². The number of amides is 1. The number of aromatic nitrogens is 3. The first-order valence-electron chi connectivity index (χ1n) is 11.4. The van der Waals surface area contributed by atoms with E-state index in [4.69, 9.17) is 0 Å². The Balaban J connectivity index is 1.36. The van der Waals surface area contributed by atoms with E-state index in [-0.39, 0.29) is 5.91 Å². The smallest absolute Gasteiger partial charge is 0.234 e. The summed E-state index contributed by atoms with van der Waals surface area (Å²) in [7, 11) is 0. The SMILES string of the molecule is CCn1c(SCC(=O)Nc2ccc(N3CCCCCC3)cc2)nnc1-c1ccccc1C. The Morgan fingerprint density at radius 1 is 1.00 bits per heavy atom. The van der Waals surface area contributed by atoms with Crippen molar-refractivity contribution in [3.8, 4) is 11.4 Å². The summed E-state index contributed by atoms with van der Waals surface area (Å²) >= 11 is 1.42. The maximum absolute atomic E-state index is 12.5. The van der Waals surface area contributed by atoms with E-state index in [0.717, 1.165) is 47.4 Å². The lowest BCUT2D eigenvalue weighted by atomic mass is 10.1. The number of hydrogen-bond acceptors (Lipinski definition) is 5. The summed E-state index contributed by atoms with van der Waals surface area (Å²) in [5, 5.41) is 12.5. The molecule has 168 valence electrons. The van der Waals surface area contributed by atoms with Gasteiger partial charge >= 0.3 is 0 Å². The third kappa shape index (κ3) is 5.33. The average molecular weight is 450 g/mol. The molecule has 1 aromatic heterocycles. The molecule has 2 aromatic carbocycles. The zero-order valence-electron chi connectivity index (χ0n) is 18.9. The van der Waals surface area contributed by atoms with Crippen molar-refractivity contribution in [1.29, 1.82) is 0 Å². The lowest BCUT2D eigenvalue weighted by molar-refractivity contribution is -0.113. The van der Waals surface area contributed by atoms with E-state index in [0.29, 0.717) is 5.75 Å². The van der Waals surface area contributed by atoms with Crippen molar-refractivity contribution in [2.24, 2.45) is 0 Å². The Bertz CT molecular complexity index is 1040. The number of thioether (sulfide) groups is 1. The lowest BCUT2D eigenvalue weighted by Crippen LogP contribution is -2.23. The van der Waals surface area contributed by atoms with Gasteiger partial charge in [0.25, 0.3) is 0 Å². The zero-order chi connectivity index (χ0) is 22.3. The number of benzene rings is 2. The van der Waals surface area contributed by atoms with Gasteiger partial charge in [-0.05, 0) is 56.5 Å². The van der Waals surface area contributed by atoms with Gasteiger partial charge in [-0.25, -0.2) is 0 Å². The highest BCUT2D eigenvalue weighted by Gasteiger charge is 2.16. The number of anilines is 2. The van der Waals surface area contributed by atoms with Crippen LogP contribution in [0.2, 0.25) is 0 Å². The van der Waals surface area contributed by atoms with Gasteiger partial charge in [0.2, 0.25) is 5.91 Å². The fraction of sp³-hybridized carbons (Fsp3) is 0.400. The molecule has 32 heavy (non-hydrogen) atoms. The fourth-order valence-corrected chi connectivity index (χ4v) is 4.92. The molecule has 1 fully saturated rings. The summed E-state index contributed by atoms with van der Waals surface area (Å²) in [5.41, 5.74) is 4.29. The molecule has 3 aromatic rings. The van der Waals surface area contributed by atoms with E-state index in [1.807, 2.05) is 24.3 Å². The highest BCUT2D eigenvalue weighted by atomic mass is 32.2. The van der Waals surface area contributed by atoms with Crippen LogP contribution >= 0.6 is 11.8 Å². The van der Waals surface area contributed by atoms with Crippen molar-refractivity contribution in [2.45, 2.75) is 51.2 Å². The van der Waals surface area contributed by atoms with Crippen LogP contribution in [0.4, 0.5) is 11.4 Å². The van der Waals surface area contributed by atoms with Gasteiger partial charge in [-0.3, -0.25) is 4.79 Å². The van der Waals surface area contributed by atoms with E-state index < -0.39 is 0 Å². The molecule has 0 spiro atoms. The highest BCUT2D eigenvalue weighted by molar-refractivity contribution is 7.99. The summed E-state index contributed by atoms with van der Waals surface area (Å²) in [6, 6.07) is 16.4. The van der Waals surface area contributed by atoms with Crippen molar-refractivity contribution in [3.05, 3.63) is 54.1 Å². The Labute approximate surface area is 194 Å². The van der Waals surface area contributed by atoms with Crippen LogP contribution in [-0.2, 0) is 11.3 Å². The van der Waals surface area contributed by atoms with Crippen LogP contribution in [0, 0.1) is 6.92 Å². The number of nitrogens with zero attached hydrogens (tertiary/aromatic N) is 4. The first-order chi connectivity index (χ1) is 15.7. The molecular weight excluding hydrogens is 418 g/mol. The standard InChI is InChI=1S/C25H31N5OS/c1-3-30-24(22-11-7-6-10-19(22)2)27-28-25(30)32-18-23(31)26-20-12-14-21(15-13-20)29-16-8-4-5-9-17-29/h6-7,10-15H,3-5,8-9,16-18H2,1-2H3,(H,26,31). The fourth-order valence-electron chi connectivity index (χ4n) is 4.12. The average Bonchev–Trinajstić information content (AvgIpc) is 3.01. The van der Waals surface area contributed by atoms with Crippen LogP contribution < -0.4 is 10.2 Å². The molecule has 4 rings (SSSR count). The van der Waals surface area contributed by atoms with Gasteiger partial charge in [0.05, 0.1) is 5.75 Å². The van der Waals surface area contributed by atoms with Gasteiger partial charge in [0.15, 0.2) is 11.0 Å². The molecule has 1 saturated heterocycles. The number of carbonyl (C=O) groups is 1. The van der Waals surface area contributed by atoms with Gasteiger partial charge in [0, 0.05) is 36.6 Å². The van der Waals surface area contributed by atoms with Crippen molar-refractivity contribution < 1.29 is 4.79 Å². The second-order valence-corrected chi connectivity index (χ2v) is 9.09. The van der Waals surface area contributed by atoms with E-state index >= 15 is 0 Å². The van der Waals surface area contributed by atoms with Crippen LogP contribution in [0.15, 0.2) is 53.7 Å². The molecular formula is C25H31N5OS. The van der Waals surface area contributed by atoms with Crippen molar-refractivity contribution in [1.82, 2.24) is 14.8 Å². The van der Waals surface area contributed by atoms with Gasteiger partial charge in [-0.15, -0.1) is 10.2 Å². The normalized spacial score (nSPS) is 14.2. The predicted octanol–water partition coefficient (Wildman–Crippen LogP) is 5.38. The predicted molar refractivity (Wildman–Crippen MR) is 132 cm³/mol. The molecule has 6 nitrogen and oxygen atoms in total. The quantitative estimate of drug-likeness (QED) is 0.490. The van der Waals surface area contributed by atoms with Crippen LogP contribution in [-0.4, -0.2) is 39.5 Å². The van der Waals surface area contributed by atoms with Crippen LogP contribution in [0.3, 0.4) is 0 Å². The molecule has 7 heteroatoms. The number of nitrogens with one attached hydrogen (secondary N) is 1. The molecule has 0 atom stereocenters. The van der Waals surface area contributed by atoms with Gasteiger partial charge < -0.3 is 14.8 Å². The van der Waals surface area contributed by atoms with E-state index in [9.17, 15) is 4.79 Å². The third-order valence-corrected chi connectivity index (χ3v) is 6.84. The van der Waals surface area contributed by atoms with Gasteiger partial charge in [-0.1, -0.05) is 48.9 Å². The monoisotopic (exact) mass is 449 g/mol. The first kappa shape index (κ1) is 22.4. The summed E-state index contributed by atoms with van der Waals surface area (Å²) in [6.07, 6.45) is 5.15.